The third-order valence-corrected chi connectivity index (χ3v) is 3.76. The molecule has 0 heterocycles. The molecule has 0 bridgehead atoms. The number of aryl methyl sites for hydroxylation is 1. The van der Waals surface area contributed by atoms with Crippen molar-refractivity contribution < 1.29 is 0 Å². The van der Waals surface area contributed by atoms with Crippen molar-refractivity contribution in [2.75, 3.05) is 6.54 Å². The van der Waals surface area contributed by atoms with E-state index in [1.807, 2.05) is 6.92 Å². The maximum Gasteiger partial charge on any atom is 0.0438 e. The van der Waals surface area contributed by atoms with Gasteiger partial charge in [-0.1, -0.05) is 30.7 Å². The molecule has 2 rings (SSSR count). The van der Waals surface area contributed by atoms with Gasteiger partial charge in [-0.15, -0.1) is 0 Å². The summed E-state index contributed by atoms with van der Waals surface area (Å²) in [5, 5.41) is 4.44. The lowest BCUT2D eigenvalue weighted by atomic mass is 9.97. The zero-order valence-corrected chi connectivity index (χ0v) is 10.8. The summed E-state index contributed by atoms with van der Waals surface area (Å²) in [6.45, 7) is 5.44. The summed E-state index contributed by atoms with van der Waals surface area (Å²) < 4.78 is 0. The molecule has 1 aromatic carbocycles. The van der Waals surface area contributed by atoms with Gasteiger partial charge in [0.25, 0.3) is 0 Å². The second-order valence-corrected chi connectivity index (χ2v) is 5.33. The van der Waals surface area contributed by atoms with Crippen LogP contribution in [0.4, 0.5) is 0 Å². The second kappa shape index (κ2) is 5.20. The van der Waals surface area contributed by atoms with Crippen molar-refractivity contribution in [3.8, 4) is 0 Å². The Bertz CT molecular complexity index is 358. The third kappa shape index (κ3) is 3.23. The molecular weight excluding hydrogens is 218 g/mol. The highest BCUT2D eigenvalue weighted by atomic mass is 35.5. The molecule has 16 heavy (non-hydrogen) atoms. The minimum atomic E-state index is 0.587. The summed E-state index contributed by atoms with van der Waals surface area (Å²) in [6, 6.07) is 7.23. The Kier molecular flexibility index (Phi) is 3.88. The van der Waals surface area contributed by atoms with Crippen LogP contribution in [0.25, 0.3) is 0 Å². The Hall–Kier alpha value is -0.530. The van der Waals surface area contributed by atoms with E-state index in [1.165, 1.54) is 24.8 Å². The lowest BCUT2D eigenvalue weighted by Crippen LogP contribution is -2.18. The summed E-state index contributed by atoms with van der Waals surface area (Å²) in [4.78, 5) is 0. The average molecular weight is 238 g/mol. The smallest absolute Gasteiger partial charge is 0.0438 e. The van der Waals surface area contributed by atoms with Crippen LogP contribution >= 0.6 is 11.6 Å². The molecule has 0 saturated heterocycles. The van der Waals surface area contributed by atoms with Crippen LogP contribution < -0.4 is 5.32 Å². The van der Waals surface area contributed by atoms with Crippen LogP contribution in [-0.4, -0.2) is 12.6 Å². The minimum Gasteiger partial charge on any atom is -0.314 e. The van der Waals surface area contributed by atoms with E-state index in [9.17, 15) is 0 Å². The Morgan fingerprint density at radius 2 is 2.19 bits per heavy atom. The third-order valence-electron chi connectivity index (χ3n) is 3.35. The van der Waals surface area contributed by atoms with E-state index >= 15 is 0 Å². The topological polar surface area (TPSA) is 12.0 Å². The summed E-state index contributed by atoms with van der Waals surface area (Å²) in [7, 11) is 0. The number of nitrogens with one attached hydrogen (secondary N) is 1. The van der Waals surface area contributed by atoms with E-state index < -0.39 is 0 Å². The molecular formula is C14H20ClN. The van der Waals surface area contributed by atoms with E-state index in [1.54, 1.807) is 0 Å². The second-order valence-electron chi connectivity index (χ2n) is 4.93. The fourth-order valence-electron chi connectivity index (χ4n) is 1.87. The van der Waals surface area contributed by atoms with Crippen LogP contribution in [0.15, 0.2) is 18.2 Å². The summed E-state index contributed by atoms with van der Waals surface area (Å²) in [5.41, 5.74) is 2.52. The lowest BCUT2D eigenvalue weighted by molar-refractivity contribution is 0.592. The molecule has 0 radical (unpaired) electrons. The quantitative estimate of drug-likeness (QED) is 0.819. The van der Waals surface area contributed by atoms with Crippen molar-refractivity contribution in [1.82, 2.24) is 5.32 Å². The lowest BCUT2D eigenvalue weighted by Gasteiger charge is -2.13. The molecule has 0 amide bonds. The first kappa shape index (κ1) is 11.9. The van der Waals surface area contributed by atoms with Gasteiger partial charge < -0.3 is 5.32 Å². The Labute approximate surface area is 103 Å². The maximum atomic E-state index is 6.14. The molecule has 88 valence electrons. The Morgan fingerprint density at radius 1 is 1.44 bits per heavy atom. The molecule has 1 fully saturated rings. The van der Waals surface area contributed by atoms with Crippen molar-refractivity contribution >= 4 is 11.6 Å². The fraction of sp³-hybridized carbons (Fsp3) is 0.571. The van der Waals surface area contributed by atoms with Crippen LogP contribution in [-0.2, 0) is 0 Å². The molecule has 1 N–H and O–H groups in total. The van der Waals surface area contributed by atoms with Crippen molar-refractivity contribution in [3.63, 3.8) is 0 Å². The summed E-state index contributed by atoms with van der Waals surface area (Å²) in [5.74, 6) is 0.587. The van der Waals surface area contributed by atoms with E-state index in [4.69, 9.17) is 11.6 Å². The predicted octanol–water partition coefficient (Wildman–Crippen LogP) is 3.89. The van der Waals surface area contributed by atoms with Crippen molar-refractivity contribution in [2.45, 2.75) is 45.1 Å². The average Bonchev–Trinajstić information content (AvgIpc) is 3.06. The molecule has 2 heteroatoms. The molecule has 0 aliphatic heterocycles. The number of hydrogen-bond acceptors (Lipinski definition) is 1. The van der Waals surface area contributed by atoms with Crippen LogP contribution in [0.5, 0.6) is 0 Å². The van der Waals surface area contributed by atoms with Crippen molar-refractivity contribution in [1.29, 1.82) is 0 Å². The molecule has 1 aliphatic carbocycles. The molecule has 1 unspecified atom stereocenters. The Morgan fingerprint density at radius 3 is 2.81 bits per heavy atom. The normalized spacial score (nSPS) is 17.4. The van der Waals surface area contributed by atoms with Gasteiger partial charge in [0.05, 0.1) is 0 Å². The van der Waals surface area contributed by atoms with Gasteiger partial charge in [0.2, 0.25) is 0 Å². The largest absolute Gasteiger partial charge is 0.314 e. The number of rotatable bonds is 5. The highest BCUT2D eigenvalue weighted by molar-refractivity contribution is 6.31. The van der Waals surface area contributed by atoms with Gasteiger partial charge in [-0.05, 0) is 55.8 Å². The zero-order valence-electron chi connectivity index (χ0n) is 10.1. The first-order valence-electron chi connectivity index (χ1n) is 6.16. The summed E-state index contributed by atoms with van der Waals surface area (Å²) in [6.07, 6.45) is 3.92. The van der Waals surface area contributed by atoms with Gasteiger partial charge in [-0.2, -0.15) is 0 Å². The van der Waals surface area contributed by atoms with Gasteiger partial charge >= 0.3 is 0 Å². The summed E-state index contributed by atoms with van der Waals surface area (Å²) >= 11 is 6.14. The molecule has 0 aromatic heterocycles. The van der Waals surface area contributed by atoms with Crippen molar-refractivity contribution in [3.05, 3.63) is 34.3 Å². The first-order valence-corrected chi connectivity index (χ1v) is 6.54. The standard InChI is InChI=1S/C14H20ClN/c1-10(7-8-16-13-5-6-13)12-4-3-11(2)14(15)9-12/h3-4,9-10,13,16H,5-8H2,1-2H3. The first-order chi connectivity index (χ1) is 7.66. The zero-order chi connectivity index (χ0) is 11.5. The fourth-order valence-corrected chi connectivity index (χ4v) is 2.06. The highest BCUT2D eigenvalue weighted by Crippen LogP contribution is 2.25. The van der Waals surface area contributed by atoms with E-state index in [0.717, 1.165) is 23.2 Å². The van der Waals surface area contributed by atoms with Crippen LogP contribution in [0, 0.1) is 6.92 Å². The van der Waals surface area contributed by atoms with Gasteiger partial charge in [0.15, 0.2) is 0 Å². The molecule has 1 nitrogen and oxygen atoms in total. The van der Waals surface area contributed by atoms with E-state index in [0.29, 0.717) is 5.92 Å². The highest BCUT2D eigenvalue weighted by Gasteiger charge is 2.20. The molecule has 1 saturated carbocycles. The number of hydrogen-bond donors (Lipinski definition) is 1. The van der Waals surface area contributed by atoms with Crippen LogP contribution in [0.1, 0.15) is 43.2 Å². The van der Waals surface area contributed by atoms with Gasteiger partial charge in [-0.25, -0.2) is 0 Å². The number of halogens is 1. The molecule has 1 aromatic rings. The SMILES string of the molecule is Cc1ccc(C(C)CCNC2CC2)cc1Cl. The Balaban J connectivity index is 1.86. The van der Waals surface area contributed by atoms with Gasteiger partial charge in [0, 0.05) is 11.1 Å². The minimum absolute atomic E-state index is 0.587. The maximum absolute atomic E-state index is 6.14. The number of benzene rings is 1. The van der Waals surface area contributed by atoms with Gasteiger partial charge in [0.1, 0.15) is 0 Å². The predicted molar refractivity (Wildman–Crippen MR) is 70.2 cm³/mol. The van der Waals surface area contributed by atoms with Gasteiger partial charge in [-0.3, -0.25) is 0 Å². The van der Waals surface area contributed by atoms with Crippen LogP contribution in [0.2, 0.25) is 5.02 Å². The van der Waals surface area contributed by atoms with E-state index in [2.05, 4.69) is 30.4 Å². The molecule has 1 atom stereocenters. The van der Waals surface area contributed by atoms with E-state index in [-0.39, 0.29) is 0 Å². The molecule has 1 aliphatic rings. The monoisotopic (exact) mass is 237 g/mol. The van der Waals surface area contributed by atoms with Crippen molar-refractivity contribution in [2.24, 2.45) is 0 Å². The molecule has 0 spiro atoms. The van der Waals surface area contributed by atoms with Crippen LogP contribution in [0.3, 0.4) is 0 Å².